The van der Waals surface area contributed by atoms with Crippen molar-refractivity contribution in [2.75, 3.05) is 13.1 Å². The number of piperidine rings is 1. The first-order chi connectivity index (χ1) is 10.8. The van der Waals surface area contributed by atoms with E-state index in [1.807, 2.05) is 27.8 Å². The lowest BCUT2D eigenvalue weighted by Crippen LogP contribution is -2.39. The van der Waals surface area contributed by atoms with Crippen molar-refractivity contribution >= 4 is 28.3 Å². The van der Waals surface area contributed by atoms with Crippen LogP contribution >= 0.6 is 11.3 Å². The fourth-order valence-electron chi connectivity index (χ4n) is 3.04. The standard InChI is InChI=1S/C16H16N4OS/c21-16(13-5-7-22-10-13)20-6-1-2-12(9-20)14-4-3-11-8-17-19-15(11)18-14/h3-5,7-8,10,12H,1-2,6,9H2,(H,17,18,19). The highest BCUT2D eigenvalue weighted by atomic mass is 32.1. The number of nitrogens with zero attached hydrogens (tertiary/aromatic N) is 3. The number of rotatable bonds is 2. The van der Waals surface area contributed by atoms with Gasteiger partial charge in [-0.25, -0.2) is 4.98 Å². The van der Waals surface area contributed by atoms with E-state index in [1.54, 1.807) is 17.5 Å². The zero-order chi connectivity index (χ0) is 14.9. The van der Waals surface area contributed by atoms with Crippen LogP contribution in [0, 0.1) is 0 Å². The molecule has 0 aliphatic carbocycles. The lowest BCUT2D eigenvalue weighted by atomic mass is 9.94. The molecule has 0 aromatic carbocycles. The lowest BCUT2D eigenvalue weighted by molar-refractivity contribution is 0.0706. The Morgan fingerprint density at radius 2 is 2.32 bits per heavy atom. The molecule has 3 aromatic rings. The van der Waals surface area contributed by atoms with E-state index in [1.165, 1.54) is 0 Å². The molecule has 1 amide bonds. The largest absolute Gasteiger partial charge is 0.338 e. The minimum atomic E-state index is 0.133. The number of nitrogens with one attached hydrogen (secondary N) is 1. The van der Waals surface area contributed by atoms with Crippen molar-refractivity contribution in [3.05, 3.63) is 46.4 Å². The summed E-state index contributed by atoms with van der Waals surface area (Å²) in [6, 6.07) is 5.99. The van der Waals surface area contributed by atoms with E-state index >= 15 is 0 Å². The number of hydrogen-bond donors (Lipinski definition) is 1. The highest BCUT2D eigenvalue weighted by molar-refractivity contribution is 7.08. The SMILES string of the molecule is O=C(c1ccsc1)N1CCCC(c2ccc3cn[nH]c3n2)C1. The number of aromatic nitrogens is 3. The van der Waals surface area contributed by atoms with Crippen LogP contribution in [-0.4, -0.2) is 39.1 Å². The Morgan fingerprint density at radius 1 is 1.36 bits per heavy atom. The minimum absolute atomic E-state index is 0.133. The molecule has 112 valence electrons. The van der Waals surface area contributed by atoms with Gasteiger partial charge in [0.1, 0.15) is 0 Å². The number of pyridine rings is 1. The Hall–Kier alpha value is -2.21. The summed E-state index contributed by atoms with van der Waals surface area (Å²) in [5.74, 6) is 0.428. The van der Waals surface area contributed by atoms with Crippen molar-refractivity contribution < 1.29 is 4.79 Å². The van der Waals surface area contributed by atoms with Gasteiger partial charge in [-0.3, -0.25) is 9.89 Å². The molecule has 4 rings (SSSR count). The van der Waals surface area contributed by atoms with E-state index in [0.29, 0.717) is 5.92 Å². The van der Waals surface area contributed by atoms with Gasteiger partial charge in [0.25, 0.3) is 5.91 Å². The molecule has 22 heavy (non-hydrogen) atoms. The number of hydrogen-bond acceptors (Lipinski definition) is 4. The summed E-state index contributed by atoms with van der Waals surface area (Å²) in [4.78, 5) is 19.1. The minimum Gasteiger partial charge on any atom is -0.338 e. The maximum absolute atomic E-state index is 12.5. The van der Waals surface area contributed by atoms with Gasteiger partial charge >= 0.3 is 0 Å². The van der Waals surface area contributed by atoms with Crippen LogP contribution in [0.3, 0.4) is 0 Å². The van der Waals surface area contributed by atoms with Crippen LogP contribution in [0.4, 0.5) is 0 Å². The van der Waals surface area contributed by atoms with Gasteiger partial charge in [0.2, 0.25) is 0 Å². The van der Waals surface area contributed by atoms with Gasteiger partial charge in [0.15, 0.2) is 5.65 Å². The highest BCUT2D eigenvalue weighted by Crippen LogP contribution is 2.27. The van der Waals surface area contributed by atoms with E-state index < -0.39 is 0 Å². The van der Waals surface area contributed by atoms with Crippen molar-refractivity contribution in [2.45, 2.75) is 18.8 Å². The number of fused-ring (bicyclic) bond motifs is 1. The topological polar surface area (TPSA) is 61.9 Å². The van der Waals surface area contributed by atoms with Crippen molar-refractivity contribution in [1.29, 1.82) is 0 Å². The van der Waals surface area contributed by atoms with Crippen molar-refractivity contribution in [3.63, 3.8) is 0 Å². The van der Waals surface area contributed by atoms with Gasteiger partial charge in [-0.1, -0.05) is 0 Å². The quantitative estimate of drug-likeness (QED) is 0.791. The molecule has 0 radical (unpaired) electrons. The summed E-state index contributed by atoms with van der Waals surface area (Å²) in [6.45, 7) is 1.57. The number of carbonyl (C=O) groups is 1. The number of H-pyrrole nitrogens is 1. The first-order valence-corrected chi connectivity index (χ1v) is 8.37. The maximum Gasteiger partial charge on any atom is 0.254 e. The predicted molar refractivity (Wildman–Crippen MR) is 86.1 cm³/mol. The molecule has 1 N–H and O–H groups in total. The Bertz CT molecular complexity index is 795. The molecule has 0 saturated carbocycles. The smallest absolute Gasteiger partial charge is 0.254 e. The molecule has 4 heterocycles. The van der Waals surface area contributed by atoms with Gasteiger partial charge in [-0.05, 0) is 36.4 Å². The molecule has 1 aliphatic rings. The van der Waals surface area contributed by atoms with Crippen LogP contribution < -0.4 is 0 Å². The molecular formula is C16H16N4OS. The van der Waals surface area contributed by atoms with E-state index in [9.17, 15) is 4.79 Å². The van der Waals surface area contributed by atoms with E-state index in [2.05, 4.69) is 21.2 Å². The van der Waals surface area contributed by atoms with Crippen molar-refractivity contribution in [2.24, 2.45) is 0 Å². The van der Waals surface area contributed by atoms with Gasteiger partial charge in [0, 0.05) is 35.5 Å². The molecule has 0 bridgehead atoms. The van der Waals surface area contributed by atoms with Crippen LogP contribution in [0.15, 0.2) is 35.2 Å². The van der Waals surface area contributed by atoms with Gasteiger partial charge in [0.05, 0.1) is 11.8 Å². The average Bonchev–Trinajstić information content (AvgIpc) is 3.25. The molecule has 1 aliphatic heterocycles. The van der Waals surface area contributed by atoms with Crippen molar-refractivity contribution in [3.8, 4) is 0 Å². The number of aromatic amines is 1. The van der Waals surface area contributed by atoms with Gasteiger partial charge in [-0.15, -0.1) is 0 Å². The summed E-state index contributed by atoms with van der Waals surface area (Å²) in [5.41, 5.74) is 2.65. The normalized spacial score (nSPS) is 18.7. The number of carbonyl (C=O) groups excluding carboxylic acids is 1. The summed E-state index contributed by atoms with van der Waals surface area (Å²) in [5, 5.41) is 11.8. The molecule has 1 unspecified atom stereocenters. The molecule has 1 fully saturated rings. The summed E-state index contributed by atoms with van der Waals surface area (Å²) >= 11 is 1.56. The van der Waals surface area contributed by atoms with Crippen LogP contribution in [0.2, 0.25) is 0 Å². The van der Waals surface area contributed by atoms with Crippen LogP contribution in [-0.2, 0) is 0 Å². The number of likely N-dealkylation sites (tertiary alicyclic amines) is 1. The third-order valence-corrected chi connectivity index (χ3v) is 4.90. The molecule has 0 spiro atoms. The molecule has 3 aromatic heterocycles. The van der Waals surface area contributed by atoms with Crippen LogP contribution in [0.1, 0.15) is 34.8 Å². The third kappa shape index (κ3) is 2.39. The van der Waals surface area contributed by atoms with Crippen LogP contribution in [0.5, 0.6) is 0 Å². The Morgan fingerprint density at radius 3 is 3.18 bits per heavy atom. The molecule has 1 saturated heterocycles. The third-order valence-electron chi connectivity index (χ3n) is 4.22. The second-order valence-corrected chi connectivity index (χ2v) is 6.43. The second kappa shape index (κ2) is 5.53. The average molecular weight is 312 g/mol. The molecule has 6 heteroatoms. The Kier molecular flexibility index (Phi) is 3.38. The Labute approximate surface area is 132 Å². The first kappa shape index (κ1) is 13.5. The molecule has 5 nitrogen and oxygen atoms in total. The number of thiophene rings is 1. The monoisotopic (exact) mass is 312 g/mol. The maximum atomic E-state index is 12.5. The lowest BCUT2D eigenvalue weighted by Gasteiger charge is -2.32. The first-order valence-electron chi connectivity index (χ1n) is 7.43. The van der Waals surface area contributed by atoms with E-state index in [4.69, 9.17) is 0 Å². The summed E-state index contributed by atoms with van der Waals surface area (Å²) < 4.78 is 0. The van der Waals surface area contributed by atoms with Gasteiger partial charge < -0.3 is 4.90 Å². The number of amides is 1. The zero-order valence-corrected chi connectivity index (χ0v) is 12.8. The van der Waals surface area contributed by atoms with Gasteiger partial charge in [-0.2, -0.15) is 16.4 Å². The van der Waals surface area contributed by atoms with E-state index in [0.717, 1.165) is 48.2 Å². The van der Waals surface area contributed by atoms with Crippen molar-refractivity contribution in [1.82, 2.24) is 20.1 Å². The summed E-state index contributed by atoms with van der Waals surface area (Å²) in [7, 11) is 0. The predicted octanol–water partition coefficient (Wildman–Crippen LogP) is 3.04. The fourth-order valence-corrected chi connectivity index (χ4v) is 3.67. The van der Waals surface area contributed by atoms with Crippen LogP contribution in [0.25, 0.3) is 11.0 Å². The zero-order valence-electron chi connectivity index (χ0n) is 12.0. The fraction of sp³-hybridized carbons (Fsp3) is 0.312. The molecular weight excluding hydrogens is 296 g/mol. The van der Waals surface area contributed by atoms with E-state index in [-0.39, 0.29) is 5.91 Å². The highest BCUT2D eigenvalue weighted by Gasteiger charge is 2.26. The molecule has 1 atom stereocenters. The second-order valence-electron chi connectivity index (χ2n) is 5.65. The summed E-state index contributed by atoms with van der Waals surface area (Å²) in [6.07, 6.45) is 3.86. The Balaban J connectivity index is 1.56.